The lowest BCUT2D eigenvalue weighted by molar-refractivity contribution is 1.50. The molecule has 0 aliphatic heterocycles. The molecule has 4 aromatic rings. The maximum absolute atomic E-state index is 2.33. The molecular weight excluding hydrogens is 324 g/mol. The van der Waals surface area contributed by atoms with Crippen LogP contribution in [0.2, 0.25) is 0 Å². The molecule has 0 aliphatic rings. The molecule has 0 saturated carbocycles. The van der Waals surface area contributed by atoms with Crippen molar-refractivity contribution >= 4 is 64.3 Å². The van der Waals surface area contributed by atoms with E-state index in [1.165, 1.54) is 35.1 Å². The first-order chi connectivity index (χ1) is 10.8. The van der Waals surface area contributed by atoms with Crippen LogP contribution >= 0.6 is 34.0 Å². The second kappa shape index (κ2) is 9.29. The minimum atomic E-state index is 1.41. The Balaban J connectivity index is 0.000000365. The molecule has 0 saturated heterocycles. The smallest absolute Gasteiger partial charge is 0.0535 e. The molecule has 4 rings (SSSR count). The molecule has 0 spiro atoms. The normalized spacial score (nSPS) is 9.59. The summed E-state index contributed by atoms with van der Waals surface area (Å²) in [7, 11) is 0. The molecule has 0 nitrogen and oxygen atoms in total. The van der Waals surface area contributed by atoms with Crippen molar-refractivity contribution in [3.63, 3.8) is 0 Å². The Labute approximate surface area is 146 Å². The van der Waals surface area contributed by atoms with Crippen LogP contribution in [-0.2, 0) is 0 Å². The van der Waals surface area contributed by atoms with E-state index < -0.39 is 0 Å². The van der Waals surface area contributed by atoms with Crippen molar-refractivity contribution in [2.24, 2.45) is 0 Å². The van der Waals surface area contributed by atoms with E-state index in [1.54, 1.807) is 0 Å². The molecule has 0 amide bonds. The van der Waals surface area contributed by atoms with Crippen LogP contribution in [0.15, 0.2) is 29.0 Å². The molecular formula is C19H26S3. The van der Waals surface area contributed by atoms with Gasteiger partial charge in [-0.2, -0.15) is 0 Å². The molecule has 3 aromatic heterocycles. The Morgan fingerprint density at radius 1 is 0.636 bits per heavy atom. The Hall–Kier alpha value is -0.900. The zero-order valence-corrected chi connectivity index (χ0v) is 17.1. The molecule has 1 aromatic carbocycles. The van der Waals surface area contributed by atoms with E-state index in [0.29, 0.717) is 0 Å². The molecule has 0 fully saturated rings. The quantitative estimate of drug-likeness (QED) is 0.297. The SMILES string of the molecule is CC.CC.CC.Cc1cc2c3ccsc3c3ccsc3c2s1. The summed E-state index contributed by atoms with van der Waals surface area (Å²) in [5.74, 6) is 0. The van der Waals surface area contributed by atoms with Crippen LogP contribution in [-0.4, -0.2) is 0 Å². The molecule has 0 atom stereocenters. The van der Waals surface area contributed by atoms with E-state index in [1.807, 2.05) is 75.6 Å². The first-order valence-corrected chi connectivity index (χ1v) is 10.7. The average Bonchev–Trinajstić information content (AvgIpc) is 3.30. The molecule has 0 bridgehead atoms. The number of benzene rings is 1. The summed E-state index contributed by atoms with van der Waals surface area (Å²) in [5.41, 5.74) is 0. The van der Waals surface area contributed by atoms with Crippen molar-refractivity contribution in [3.05, 3.63) is 33.8 Å². The minimum Gasteiger partial charge on any atom is -0.143 e. The van der Waals surface area contributed by atoms with E-state index in [-0.39, 0.29) is 0 Å². The van der Waals surface area contributed by atoms with E-state index in [0.717, 1.165) is 0 Å². The summed E-state index contributed by atoms with van der Waals surface area (Å²) in [5, 5.41) is 8.71. The summed E-state index contributed by atoms with van der Waals surface area (Å²) in [6.07, 6.45) is 0. The highest BCUT2D eigenvalue weighted by atomic mass is 32.1. The lowest BCUT2D eigenvalue weighted by Crippen LogP contribution is -1.67. The molecule has 22 heavy (non-hydrogen) atoms. The van der Waals surface area contributed by atoms with Gasteiger partial charge in [0.2, 0.25) is 0 Å². The van der Waals surface area contributed by atoms with E-state index >= 15 is 0 Å². The molecule has 0 radical (unpaired) electrons. The number of hydrogen-bond donors (Lipinski definition) is 0. The van der Waals surface area contributed by atoms with Crippen molar-refractivity contribution < 1.29 is 0 Å². The zero-order valence-electron chi connectivity index (χ0n) is 14.6. The Bertz CT molecular complexity index is 748. The third-order valence-corrected chi connectivity index (χ3v) is 6.00. The number of fused-ring (bicyclic) bond motifs is 6. The van der Waals surface area contributed by atoms with Gasteiger partial charge in [0.15, 0.2) is 0 Å². The Morgan fingerprint density at radius 3 is 1.82 bits per heavy atom. The van der Waals surface area contributed by atoms with Gasteiger partial charge >= 0.3 is 0 Å². The second-order valence-electron chi connectivity index (χ2n) is 3.93. The summed E-state index contributed by atoms with van der Waals surface area (Å²) in [6.45, 7) is 14.2. The number of rotatable bonds is 0. The summed E-state index contributed by atoms with van der Waals surface area (Å²) in [6, 6.07) is 6.84. The number of hydrogen-bond acceptors (Lipinski definition) is 3. The monoisotopic (exact) mass is 350 g/mol. The summed E-state index contributed by atoms with van der Waals surface area (Å²) in [4.78, 5) is 1.41. The van der Waals surface area contributed by atoms with Gasteiger partial charge in [0.1, 0.15) is 0 Å². The van der Waals surface area contributed by atoms with Crippen LogP contribution in [0.25, 0.3) is 30.3 Å². The van der Waals surface area contributed by atoms with Crippen molar-refractivity contribution in [2.45, 2.75) is 48.5 Å². The third kappa shape index (κ3) is 3.37. The highest BCUT2D eigenvalue weighted by Gasteiger charge is 2.12. The molecule has 120 valence electrons. The third-order valence-electron chi connectivity index (χ3n) is 2.93. The van der Waals surface area contributed by atoms with E-state index in [4.69, 9.17) is 0 Å². The first-order valence-electron chi connectivity index (χ1n) is 8.11. The number of thiophene rings is 3. The van der Waals surface area contributed by atoms with Crippen LogP contribution in [0.4, 0.5) is 0 Å². The standard InChI is InChI=1S/C13H8S3.3C2H6/c1-7-6-10-8-2-4-14-11(8)9-3-5-15-12(9)13(10)16-7;3*1-2/h2-6H,1H3;3*1-2H3. The van der Waals surface area contributed by atoms with Crippen molar-refractivity contribution in [1.82, 2.24) is 0 Å². The molecule has 0 aliphatic carbocycles. The molecule has 0 N–H and O–H groups in total. The van der Waals surface area contributed by atoms with Gasteiger partial charge in [0.25, 0.3) is 0 Å². The predicted molar refractivity (Wildman–Crippen MR) is 111 cm³/mol. The highest BCUT2D eigenvalue weighted by Crippen LogP contribution is 2.43. The second-order valence-corrected chi connectivity index (χ2v) is 7.02. The van der Waals surface area contributed by atoms with E-state index in [9.17, 15) is 0 Å². The van der Waals surface area contributed by atoms with Crippen molar-refractivity contribution in [2.75, 3.05) is 0 Å². The summed E-state index contributed by atoms with van der Waals surface area (Å²) >= 11 is 5.64. The molecule has 3 heterocycles. The van der Waals surface area contributed by atoms with Crippen molar-refractivity contribution in [1.29, 1.82) is 0 Å². The van der Waals surface area contributed by atoms with Crippen LogP contribution < -0.4 is 0 Å². The average molecular weight is 351 g/mol. The highest BCUT2D eigenvalue weighted by molar-refractivity contribution is 7.28. The van der Waals surface area contributed by atoms with Gasteiger partial charge in [-0.1, -0.05) is 41.5 Å². The van der Waals surface area contributed by atoms with Crippen LogP contribution in [0.3, 0.4) is 0 Å². The minimum absolute atomic E-state index is 1.41. The lowest BCUT2D eigenvalue weighted by Gasteiger charge is -1.96. The van der Waals surface area contributed by atoms with E-state index in [2.05, 4.69) is 35.9 Å². The Kier molecular flexibility index (Phi) is 8.08. The maximum atomic E-state index is 2.33. The largest absolute Gasteiger partial charge is 0.143 e. The van der Waals surface area contributed by atoms with Crippen LogP contribution in [0.1, 0.15) is 46.4 Å². The van der Waals surface area contributed by atoms with Gasteiger partial charge in [-0.05, 0) is 35.9 Å². The van der Waals surface area contributed by atoms with Gasteiger partial charge < -0.3 is 0 Å². The van der Waals surface area contributed by atoms with Gasteiger partial charge in [-0.3, -0.25) is 0 Å². The fourth-order valence-electron chi connectivity index (χ4n) is 2.28. The fraction of sp³-hybridized carbons (Fsp3) is 0.368. The summed E-state index contributed by atoms with van der Waals surface area (Å²) < 4.78 is 4.37. The van der Waals surface area contributed by atoms with Gasteiger partial charge in [-0.25, -0.2) is 0 Å². The molecule has 0 unspecified atom stereocenters. The fourth-order valence-corrected chi connectivity index (χ4v) is 5.39. The maximum Gasteiger partial charge on any atom is 0.0535 e. The van der Waals surface area contributed by atoms with Gasteiger partial charge in [-0.15, -0.1) is 34.0 Å². The van der Waals surface area contributed by atoms with Crippen molar-refractivity contribution in [3.8, 4) is 0 Å². The number of aryl methyl sites for hydroxylation is 1. The molecule has 3 heteroatoms. The van der Waals surface area contributed by atoms with Gasteiger partial charge in [0.05, 0.1) is 9.40 Å². The zero-order chi connectivity index (χ0) is 16.7. The van der Waals surface area contributed by atoms with Crippen LogP contribution in [0, 0.1) is 6.92 Å². The van der Waals surface area contributed by atoms with Crippen LogP contribution in [0.5, 0.6) is 0 Å². The predicted octanol–water partition coefficient (Wildman–Crippen LogP) is 8.72. The first kappa shape index (κ1) is 19.1. The lowest BCUT2D eigenvalue weighted by atomic mass is 10.1. The Morgan fingerprint density at radius 2 is 1.18 bits per heavy atom. The topological polar surface area (TPSA) is 0 Å². The van der Waals surface area contributed by atoms with Gasteiger partial charge in [0, 0.05) is 25.7 Å².